The highest BCUT2D eigenvalue weighted by molar-refractivity contribution is 5.97. The lowest BCUT2D eigenvalue weighted by atomic mass is 9.92. The summed E-state index contributed by atoms with van der Waals surface area (Å²) >= 11 is 0. The molecule has 3 aliphatic rings. The van der Waals surface area contributed by atoms with Crippen LogP contribution in [0.5, 0.6) is 5.88 Å². The molecule has 0 saturated carbocycles. The van der Waals surface area contributed by atoms with Crippen molar-refractivity contribution in [3.05, 3.63) is 22.9 Å². The van der Waals surface area contributed by atoms with Gasteiger partial charge in [-0.25, -0.2) is 4.98 Å². The van der Waals surface area contributed by atoms with Crippen LogP contribution in [0.4, 0.5) is 0 Å². The van der Waals surface area contributed by atoms with Crippen molar-refractivity contribution < 1.29 is 14.3 Å². The molecule has 2 aliphatic heterocycles. The van der Waals surface area contributed by atoms with Crippen molar-refractivity contribution in [1.82, 2.24) is 14.8 Å². The van der Waals surface area contributed by atoms with Gasteiger partial charge < -0.3 is 14.5 Å². The van der Waals surface area contributed by atoms with Crippen LogP contribution in [0.3, 0.4) is 0 Å². The zero-order chi connectivity index (χ0) is 16.8. The minimum atomic E-state index is -0.0190. The molecule has 2 atom stereocenters. The van der Waals surface area contributed by atoms with Crippen molar-refractivity contribution in [2.24, 2.45) is 5.92 Å². The van der Waals surface area contributed by atoms with Crippen LogP contribution in [0.15, 0.2) is 6.07 Å². The number of likely N-dealkylation sites (tertiary alicyclic amines) is 2. The number of pyridine rings is 1. The molecule has 0 N–H and O–H groups in total. The molecular weight excluding hydrogens is 306 g/mol. The van der Waals surface area contributed by atoms with E-state index in [1.807, 2.05) is 22.9 Å². The second kappa shape index (κ2) is 5.76. The Hall–Kier alpha value is -2.11. The van der Waals surface area contributed by atoms with Crippen LogP contribution in [-0.4, -0.2) is 59.9 Å². The molecule has 6 nitrogen and oxygen atoms in total. The molecule has 1 aromatic rings. The van der Waals surface area contributed by atoms with Crippen LogP contribution in [0.1, 0.15) is 40.9 Å². The van der Waals surface area contributed by atoms with Crippen molar-refractivity contribution in [1.29, 1.82) is 0 Å². The lowest BCUT2D eigenvalue weighted by Gasteiger charge is -2.36. The van der Waals surface area contributed by atoms with Crippen LogP contribution in [0.2, 0.25) is 0 Å². The number of hydrogen-bond donors (Lipinski definition) is 0. The van der Waals surface area contributed by atoms with Crippen molar-refractivity contribution in [2.75, 3.05) is 27.2 Å². The summed E-state index contributed by atoms with van der Waals surface area (Å²) in [7, 11) is 3.44. The Morgan fingerprint density at radius 2 is 2.21 bits per heavy atom. The van der Waals surface area contributed by atoms with Crippen LogP contribution in [-0.2, 0) is 17.6 Å². The summed E-state index contributed by atoms with van der Waals surface area (Å²) in [4.78, 5) is 33.2. The zero-order valence-electron chi connectivity index (χ0n) is 14.2. The number of amides is 2. The van der Waals surface area contributed by atoms with E-state index in [0.717, 1.165) is 31.4 Å². The van der Waals surface area contributed by atoms with Crippen LogP contribution in [0, 0.1) is 5.92 Å². The number of ether oxygens (including phenoxy) is 1. The molecule has 2 fully saturated rings. The number of aromatic nitrogens is 1. The van der Waals surface area contributed by atoms with Crippen molar-refractivity contribution in [3.8, 4) is 5.88 Å². The van der Waals surface area contributed by atoms with E-state index in [1.165, 1.54) is 5.56 Å². The SMILES string of the molecule is COc1nc2c(cc1C(=O)N1CC[C@H]3[C@H](CC(=O)N3C)C1)CCC2. The van der Waals surface area contributed by atoms with Crippen LogP contribution < -0.4 is 4.74 Å². The smallest absolute Gasteiger partial charge is 0.259 e. The quantitative estimate of drug-likeness (QED) is 0.820. The molecule has 0 unspecified atom stereocenters. The van der Waals surface area contributed by atoms with Gasteiger partial charge in [-0.1, -0.05) is 0 Å². The Morgan fingerprint density at radius 1 is 1.38 bits per heavy atom. The molecule has 128 valence electrons. The Balaban J connectivity index is 1.58. The molecule has 1 aromatic heterocycles. The summed E-state index contributed by atoms with van der Waals surface area (Å²) in [5, 5.41) is 0. The van der Waals surface area contributed by atoms with Gasteiger partial charge in [0, 0.05) is 44.2 Å². The predicted molar refractivity (Wildman–Crippen MR) is 88.0 cm³/mol. The number of carbonyl (C=O) groups excluding carboxylic acids is 2. The molecule has 24 heavy (non-hydrogen) atoms. The van der Waals surface area contributed by atoms with E-state index in [9.17, 15) is 9.59 Å². The monoisotopic (exact) mass is 329 g/mol. The minimum Gasteiger partial charge on any atom is -0.480 e. The first-order valence-electron chi connectivity index (χ1n) is 8.70. The molecule has 6 heteroatoms. The van der Waals surface area contributed by atoms with Gasteiger partial charge in [-0.05, 0) is 37.3 Å². The summed E-state index contributed by atoms with van der Waals surface area (Å²) in [5.74, 6) is 0.849. The third kappa shape index (κ3) is 2.36. The summed E-state index contributed by atoms with van der Waals surface area (Å²) in [5.41, 5.74) is 2.80. The van der Waals surface area contributed by atoms with Crippen molar-refractivity contribution in [3.63, 3.8) is 0 Å². The number of rotatable bonds is 2. The average Bonchev–Trinajstić information content (AvgIpc) is 3.16. The first kappa shape index (κ1) is 15.4. The fourth-order valence-electron chi connectivity index (χ4n) is 4.40. The van der Waals surface area contributed by atoms with Crippen LogP contribution >= 0.6 is 0 Å². The summed E-state index contributed by atoms with van der Waals surface area (Å²) in [6.45, 7) is 1.32. The largest absolute Gasteiger partial charge is 0.480 e. The maximum absolute atomic E-state index is 13.0. The topological polar surface area (TPSA) is 62.7 Å². The van der Waals surface area contributed by atoms with Crippen LogP contribution in [0.25, 0.3) is 0 Å². The second-order valence-electron chi connectivity index (χ2n) is 7.08. The highest BCUT2D eigenvalue weighted by atomic mass is 16.5. The van der Waals surface area contributed by atoms with Gasteiger partial charge in [0.05, 0.1) is 7.11 Å². The average molecular weight is 329 g/mol. The molecule has 1 aliphatic carbocycles. The van der Waals surface area contributed by atoms with Gasteiger partial charge in [0.1, 0.15) is 5.56 Å². The summed E-state index contributed by atoms with van der Waals surface area (Å²) in [6, 6.07) is 2.25. The van der Waals surface area contributed by atoms with E-state index in [1.54, 1.807) is 7.11 Å². The number of nitrogens with zero attached hydrogens (tertiary/aromatic N) is 3. The summed E-state index contributed by atoms with van der Waals surface area (Å²) in [6.07, 6.45) is 4.42. The number of piperidine rings is 1. The van der Waals surface area contributed by atoms with Gasteiger partial charge in [0.25, 0.3) is 5.91 Å². The maximum Gasteiger partial charge on any atom is 0.259 e. The first-order valence-corrected chi connectivity index (χ1v) is 8.70. The summed E-state index contributed by atoms with van der Waals surface area (Å²) < 4.78 is 5.38. The normalized spacial score (nSPS) is 25.7. The lowest BCUT2D eigenvalue weighted by molar-refractivity contribution is -0.127. The molecule has 4 rings (SSSR count). The molecule has 0 bridgehead atoms. The molecule has 0 radical (unpaired) electrons. The molecule has 2 amide bonds. The van der Waals surface area contributed by atoms with E-state index in [-0.39, 0.29) is 23.8 Å². The predicted octanol–water partition coefficient (Wildman–Crippen LogP) is 1.27. The number of carbonyl (C=O) groups is 2. The standard InChI is InChI=1S/C18H23N3O3/c1-20-15-6-7-21(10-12(15)9-16(20)22)18(23)13-8-11-4-3-5-14(11)19-17(13)24-2/h8,12,15H,3-7,9-10H2,1-2H3/t12-,15+/m1/s1. The van der Waals surface area contributed by atoms with Gasteiger partial charge >= 0.3 is 0 Å². The van der Waals surface area contributed by atoms with E-state index in [2.05, 4.69) is 4.98 Å². The van der Waals surface area contributed by atoms with Crippen molar-refractivity contribution >= 4 is 11.8 Å². The first-order chi connectivity index (χ1) is 11.6. The van der Waals surface area contributed by atoms with E-state index >= 15 is 0 Å². The lowest BCUT2D eigenvalue weighted by Crippen LogP contribution is -2.47. The fourth-order valence-corrected chi connectivity index (χ4v) is 4.40. The Bertz CT molecular complexity index is 703. The highest BCUT2D eigenvalue weighted by Crippen LogP contribution is 2.33. The van der Waals surface area contributed by atoms with Crippen molar-refractivity contribution in [2.45, 2.75) is 38.1 Å². The molecular formula is C18H23N3O3. The van der Waals surface area contributed by atoms with Gasteiger partial charge in [0.15, 0.2) is 0 Å². The Labute approximate surface area is 141 Å². The minimum absolute atomic E-state index is 0.0190. The number of fused-ring (bicyclic) bond motifs is 2. The maximum atomic E-state index is 13.0. The van der Waals surface area contributed by atoms with E-state index in [0.29, 0.717) is 31.0 Å². The Morgan fingerprint density at radius 3 is 3.00 bits per heavy atom. The number of hydrogen-bond acceptors (Lipinski definition) is 4. The third-order valence-corrected chi connectivity index (χ3v) is 5.75. The number of methoxy groups -OCH3 is 1. The second-order valence-corrected chi connectivity index (χ2v) is 7.08. The molecule has 0 spiro atoms. The van der Waals surface area contributed by atoms with E-state index < -0.39 is 0 Å². The fraction of sp³-hybridized carbons (Fsp3) is 0.611. The zero-order valence-corrected chi connectivity index (χ0v) is 14.2. The third-order valence-electron chi connectivity index (χ3n) is 5.75. The van der Waals surface area contributed by atoms with Gasteiger partial charge in [-0.2, -0.15) is 0 Å². The van der Waals surface area contributed by atoms with Gasteiger partial charge in [-0.3, -0.25) is 9.59 Å². The number of aryl methyl sites for hydroxylation is 2. The van der Waals surface area contributed by atoms with Gasteiger partial charge in [0.2, 0.25) is 11.8 Å². The highest BCUT2D eigenvalue weighted by Gasteiger charge is 2.42. The van der Waals surface area contributed by atoms with Gasteiger partial charge in [-0.15, -0.1) is 0 Å². The molecule has 3 heterocycles. The van der Waals surface area contributed by atoms with E-state index in [4.69, 9.17) is 4.74 Å². The molecule has 0 aromatic carbocycles. The molecule has 2 saturated heterocycles. The Kier molecular flexibility index (Phi) is 3.70.